The Morgan fingerprint density at radius 2 is 1.81 bits per heavy atom. The molecule has 21 heavy (non-hydrogen) atoms. The second kappa shape index (κ2) is 6.31. The summed E-state index contributed by atoms with van der Waals surface area (Å²) in [6.07, 6.45) is 0. The summed E-state index contributed by atoms with van der Waals surface area (Å²) in [5, 5.41) is 6.00. The average molecular weight is 283 g/mol. The maximum absolute atomic E-state index is 11.9. The van der Waals surface area contributed by atoms with E-state index in [9.17, 15) is 4.79 Å². The molecule has 0 saturated carbocycles. The molecule has 2 rings (SSSR count). The van der Waals surface area contributed by atoms with Crippen LogP contribution in [0.4, 0.5) is 11.4 Å². The Morgan fingerprint density at radius 3 is 2.43 bits per heavy atom. The zero-order chi connectivity index (χ0) is 15.4. The van der Waals surface area contributed by atoms with Crippen molar-refractivity contribution in [3.8, 4) is 0 Å². The van der Waals surface area contributed by atoms with Gasteiger partial charge in [0.05, 0.1) is 5.56 Å². The number of nitrogens with two attached hydrogens (primary N) is 1. The number of amides is 1. The minimum absolute atomic E-state index is 0.0795. The smallest absolute Gasteiger partial charge is 0.253 e. The van der Waals surface area contributed by atoms with Crippen LogP contribution in [0.5, 0.6) is 0 Å². The van der Waals surface area contributed by atoms with E-state index in [0.29, 0.717) is 11.3 Å². The van der Waals surface area contributed by atoms with Crippen molar-refractivity contribution in [1.29, 1.82) is 0 Å². The standard InChI is InChI=1S/C17H21N3O/c1-11-4-6-13(7-5-11)12(2)20-16-10-14(18)8-9-15(16)17(21)19-3/h4-10,12,20H,18H2,1-3H3,(H,19,21). The Hall–Kier alpha value is -2.49. The molecule has 0 fully saturated rings. The first-order chi connectivity index (χ1) is 10.0. The number of aryl methyl sites for hydroxylation is 1. The van der Waals surface area contributed by atoms with Crippen molar-refractivity contribution in [3.05, 3.63) is 59.2 Å². The minimum atomic E-state index is -0.131. The number of nitrogen functional groups attached to an aromatic ring is 1. The van der Waals surface area contributed by atoms with Gasteiger partial charge in [0.25, 0.3) is 5.91 Å². The van der Waals surface area contributed by atoms with E-state index in [1.807, 2.05) is 0 Å². The molecule has 0 bridgehead atoms. The molecule has 4 heteroatoms. The van der Waals surface area contributed by atoms with Crippen LogP contribution in [0.2, 0.25) is 0 Å². The molecule has 0 aromatic heterocycles. The fraction of sp³-hybridized carbons (Fsp3) is 0.235. The molecular weight excluding hydrogens is 262 g/mol. The first kappa shape index (κ1) is 14.9. The van der Waals surface area contributed by atoms with E-state index < -0.39 is 0 Å². The monoisotopic (exact) mass is 283 g/mol. The van der Waals surface area contributed by atoms with Crippen LogP contribution in [-0.2, 0) is 0 Å². The highest BCUT2D eigenvalue weighted by Gasteiger charge is 2.13. The first-order valence-electron chi connectivity index (χ1n) is 6.96. The van der Waals surface area contributed by atoms with E-state index in [4.69, 9.17) is 5.73 Å². The molecule has 4 N–H and O–H groups in total. The van der Waals surface area contributed by atoms with Crippen molar-refractivity contribution in [1.82, 2.24) is 5.32 Å². The summed E-state index contributed by atoms with van der Waals surface area (Å²) in [4.78, 5) is 11.9. The molecule has 110 valence electrons. The van der Waals surface area contributed by atoms with Crippen LogP contribution in [0.25, 0.3) is 0 Å². The molecule has 1 amide bonds. The van der Waals surface area contributed by atoms with Crippen LogP contribution < -0.4 is 16.4 Å². The summed E-state index contributed by atoms with van der Waals surface area (Å²) < 4.78 is 0. The summed E-state index contributed by atoms with van der Waals surface area (Å²) in [6.45, 7) is 4.12. The van der Waals surface area contributed by atoms with E-state index in [1.54, 1.807) is 25.2 Å². The highest BCUT2D eigenvalue weighted by Crippen LogP contribution is 2.25. The molecule has 0 aliphatic heterocycles. The van der Waals surface area contributed by atoms with Gasteiger partial charge in [-0.1, -0.05) is 29.8 Å². The maximum Gasteiger partial charge on any atom is 0.253 e. The summed E-state index contributed by atoms with van der Waals surface area (Å²) >= 11 is 0. The number of carbonyl (C=O) groups is 1. The lowest BCUT2D eigenvalue weighted by atomic mass is 10.0. The van der Waals surface area contributed by atoms with Crippen LogP contribution >= 0.6 is 0 Å². The van der Waals surface area contributed by atoms with Crippen molar-refractivity contribution in [2.24, 2.45) is 0 Å². The topological polar surface area (TPSA) is 67.2 Å². The normalized spacial score (nSPS) is 11.8. The van der Waals surface area contributed by atoms with Crippen LogP contribution in [0.15, 0.2) is 42.5 Å². The molecule has 0 spiro atoms. The van der Waals surface area contributed by atoms with E-state index in [2.05, 4.69) is 48.7 Å². The Kier molecular flexibility index (Phi) is 4.48. The molecule has 0 aliphatic rings. The van der Waals surface area contributed by atoms with E-state index in [0.717, 1.165) is 11.3 Å². The number of hydrogen-bond acceptors (Lipinski definition) is 3. The van der Waals surface area contributed by atoms with Gasteiger partial charge in [-0.05, 0) is 37.6 Å². The molecule has 4 nitrogen and oxygen atoms in total. The maximum atomic E-state index is 11.9. The van der Waals surface area contributed by atoms with Crippen molar-refractivity contribution in [3.63, 3.8) is 0 Å². The molecule has 0 heterocycles. The van der Waals surface area contributed by atoms with Gasteiger partial charge in [-0.25, -0.2) is 0 Å². The Bertz CT molecular complexity index is 635. The average Bonchev–Trinajstić information content (AvgIpc) is 2.47. The largest absolute Gasteiger partial charge is 0.399 e. The molecule has 1 atom stereocenters. The van der Waals surface area contributed by atoms with Gasteiger partial charge in [0.1, 0.15) is 0 Å². The molecule has 0 aliphatic carbocycles. The van der Waals surface area contributed by atoms with Gasteiger partial charge in [0, 0.05) is 24.5 Å². The van der Waals surface area contributed by atoms with E-state index >= 15 is 0 Å². The lowest BCUT2D eigenvalue weighted by Gasteiger charge is -2.18. The lowest BCUT2D eigenvalue weighted by molar-refractivity contribution is 0.0964. The number of nitrogens with one attached hydrogen (secondary N) is 2. The summed E-state index contributed by atoms with van der Waals surface area (Å²) in [5.41, 5.74) is 10.2. The van der Waals surface area contributed by atoms with Gasteiger partial charge >= 0.3 is 0 Å². The zero-order valence-electron chi connectivity index (χ0n) is 12.6. The van der Waals surface area contributed by atoms with Crippen LogP contribution in [-0.4, -0.2) is 13.0 Å². The number of hydrogen-bond donors (Lipinski definition) is 3. The Labute approximate surface area is 125 Å². The lowest BCUT2D eigenvalue weighted by Crippen LogP contribution is -2.20. The van der Waals surface area contributed by atoms with Gasteiger partial charge in [-0.2, -0.15) is 0 Å². The second-order valence-electron chi connectivity index (χ2n) is 5.16. The molecule has 2 aromatic rings. The number of carbonyl (C=O) groups excluding carboxylic acids is 1. The third kappa shape index (κ3) is 3.54. The van der Waals surface area contributed by atoms with Gasteiger partial charge in [0.15, 0.2) is 0 Å². The van der Waals surface area contributed by atoms with Crippen molar-refractivity contribution in [2.75, 3.05) is 18.1 Å². The quantitative estimate of drug-likeness (QED) is 0.755. The van der Waals surface area contributed by atoms with E-state index in [1.165, 1.54) is 5.56 Å². The highest BCUT2D eigenvalue weighted by atomic mass is 16.1. The molecular formula is C17H21N3O. The van der Waals surface area contributed by atoms with Crippen LogP contribution in [0.1, 0.15) is 34.5 Å². The Morgan fingerprint density at radius 1 is 1.14 bits per heavy atom. The third-order valence-corrected chi connectivity index (χ3v) is 3.46. The summed E-state index contributed by atoms with van der Waals surface area (Å²) in [5.74, 6) is -0.131. The van der Waals surface area contributed by atoms with Crippen molar-refractivity contribution < 1.29 is 4.79 Å². The van der Waals surface area contributed by atoms with Gasteiger partial charge in [-0.15, -0.1) is 0 Å². The number of benzene rings is 2. The molecule has 2 aromatic carbocycles. The first-order valence-corrected chi connectivity index (χ1v) is 6.96. The highest BCUT2D eigenvalue weighted by molar-refractivity contribution is 6.00. The van der Waals surface area contributed by atoms with Crippen molar-refractivity contribution in [2.45, 2.75) is 19.9 Å². The second-order valence-corrected chi connectivity index (χ2v) is 5.16. The minimum Gasteiger partial charge on any atom is -0.399 e. The van der Waals surface area contributed by atoms with Crippen LogP contribution in [0.3, 0.4) is 0 Å². The molecule has 0 saturated heterocycles. The summed E-state index contributed by atoms with van der Waals surface area (Å²) in [7, 11) is 1.62. The molecule has 0 radical (unpaired) electrons. The van der Waals surface area contributed by atoms with Gasteiger partial charge < -0.3 is 16.4 Å². The third-order valence-electron chi connectivity index (χ3n) is 3.46. The predicted molar refractivity (Wildman–Crippen MR) is 87.5 cm³/mol. The predicted octanol–water partition coefficient (Wildman–Crippen LogP) is 3.11. The summed E-state index contributed by atoms with van der Waals surface area (Å²) in [6, 6.07) is 13.6. The number of anilines is 2. The van der Waals surface area contributed by atoms with Crippen molar-refractivity contribution >= 4 is 17.3 Å². The van der Waals surface area contributed by atoms with Gasteiger partial charge in [0.2, 0.25) is 0 Å². The van der Waals surface area contributed by atoms with E-state index in [-0.39, 0.29) is 11.9 Å². The fourth-order valence-electron chi connectivity index (χ4n) is 2.19. The zero-order valence-corrected chi connectivity index (χ0v) is 12.6. The Balaban J connectivity index is 2.27. The molecule has 1 unspecified atom stereocenters. The van der Waals surface area contributed by atoms with Crippen LogP contribution in [0, 0.1) is 6.92 Å². The SMILES string of the molecule is CNC(=O)c1ccc(N)cc1NC(C)c1ccc(C)cc1. The number of rotatable bonds is 4. The van der Waals surface area contributed by atoms with Gasteiger partial charge in [-0.3, -0.25) is 4.79 Å². The fourth-order valence-corrected chi connectivity index (χ4v) is 2.19.